The van der Waals surface area contributed by atoms with Crippen LogP contribution in [0.25, 0.3) is 0 Å². The minimum absolute atomic E-state index is 0.336. The largest absolute Gasteiger partial charge is 0.496 e. The molecule has 0 bridgehead atoms. The number of likely N-dealkylation sites (tertiary alicyclic amines) is 1. The summed E-state index contributed by atoms with van der Waals surface area (Å²) in [5.41, 5.74) is 1.57. The SMILES string of the molecule is COc1ccc(Cl)cc1C(c1ccc(F)cc1)N1CCCC1C(=O)O. The lowest BCUT2D eigenvalue weighted by atomic mass is 9.95. The summed E-state index contributed by atoms with van der Waals surface area (Å²) in [5, 5.41) is 10.1. The summed E-state index contributed by atoms with van der Waals surface area (Å²) in [4.78, 5) is 13.6. The molecule has 132 valence electrons. The zero-order valence-electron chi connectivity index (χ0n) is 13.8. The van der Waals surface area contributed by atoms with Gasteiger partial charge in [0.1, 0.15) is 17.6 Å². The highest BCUT2D eigenvalue weighted by Crippen LogP contribution is 2.40. The summed E-state index contributed by atoms with van der Waals surface area (Å²) in [5.74, 6) is -0.572. The molecule has 2 unspecified atom stereocenters. The van der Waals surface area contributed by atoms with Gasteiger partial charge in [-0.3, -0.25) is 9.69 Å². The van der Waals surface area contributed by atoms with Crippen molar-refractivity contribution in [2.75, 3.05) is 13.7 Å². The maximum atomic E-state index is 13.4. The van der Waals surface area contributed by atoms with Crippen molar-refractivity contribution < 1.29 is 19.0 Å². The Morgan fingerprint density at radius 1 is 1.32 bits per heavy atom. The highest BCUT2D eigenvalue weighted by Gasteiger charge is 2.38. The molecule has 0 saturated carbocycles. The van der Waals surface area contributed by atoms with Gasteiger partial charge >= 0.3 is 5.97 Å². The maximum Gasteiger partial charge on any atom is 0.320 e. The first-order valence-electron chi connectivity index (χ1n) is 8.08. The molecule has 1 N–H and O–H groups in total. The van der Waals surface area contributed by atoms with Crippen molar-refractivity contribution in [1.82, 2.24) is 4.90 Å². The van der Waals surface area contributed by atoms with Crippen molar-refractivity contribution in [2.24, 2.45) is 0 Å². The predicted octanol–water partition coefficient (Wildman–Crippen LogP) is 4.13. The number of nitrogens with zero attached hydrogens (tertiary/aromatic N) is 1. The van der Waals surface area contributed by atoms with Crippen LogP contribution in [-0.4, -0.2) is 35.7 Å². The topological polar surface area (TPSA) is 49.8 Å². The fourth-order valence-corrected chi connectivity index (χ4v) is 3.66. The van der Waals surface area contributed by atoms with Crippen LogP contribution in [0.2, 0.25) is 5.02 Å². The molecule has 3 rings (SSSR count). The molecule has 1 aliphatic heterocycles. The summed E-state index contributed by atoms with van der Waals surface area (Å²) in [7, 11) is 1.56. The monoisotopic (exact) mass is 363 g/mol. The van der Waals surface area contributed by atoms with Gasteiger partial charge in [-0.2, -0.15) is 0 Å². The van der Waals surface area contributed by atoms with Gasteiger partial charge in [-0.25, -0.2) is 4.39 Å². The molecule has 4 nitrogen and oxygen atoms in total. The van der Waals surface area contributed by atoms with Gasteiger partial charge in [0.05, 0.1) is 13.2 Å². The third kappa shape index (κ3) is 3.62. The predicted molar refractivity (Wildman–Crippen MR) is 93.6 cm³/mol. The number of halogens is 2. The van der Waals surface area contributed by atoms with Crippen molar-refractivity contribution in [2.45, 2.75) is 24.9 Å². The quantitative estimate of drug-likeness (QED) is 0.867. The van der Waals surface area contributed by atoms with Gasteiger partial charge in [-0.1, -0.05) is 23.7 Å². The van der Waals surface area contributed by atoms with Gasteiger partial charge in [0.2, 0.25) is 0 Å². The number of hydrogen-bond donors (Lipinski definition) is 1. The molecule has 6 heteroatoms. The molecular formula is C19H19ClFNO3. The maximum absolute atomic E-state index is 13.4. The van der Waals surface area contributed by atoms with Crippen molar-refractivity contribution in [3.8, 4) is 5.75 Å². The minimum atomic E-state index is -0.856. The van der Waals surface area contributed by atoms with Crippen molar-refractivity contribution >= 4 is 17.6 Å². The van der Waals surface area contributed by atoms with E-state index < -0.39 is 12.0 Å². The van der Waals surface area contributed by atoms with Crippen LogP contribution in [-0.2, 0) is 4.79 Å². The summed E-state index contributed by atoms with van der Waals surface area (Å²) < 4.78 is 18.9. The number of carboxylic acids is 1. The number of hydrogen-bond acceptors (Lipinski definition) is 3. The Labute approximate surface area is 150 Å². The van der Waals surface area contributed by atoms with Crippen molar-refractivity contribution in [1.29, 1.82) is 0 Å². The lowest BCUT2D eigenvalue weighted by molar-refractivity contribution is -0.142. The fraction of sp³-hybridized carbons (Fsp3) is 0.316. The average Bonchev–Trinajstić information content (AvgIpc) is 3.07. The fourth-order valence-electron chi connectivity index (χ4n) is 3.48. The van der Waals surface area contributed by atoms with Crippen LogP contribution in [0.15, 0.2) is 42.5 Å². The Morgan fingerprint density at radius 2 is 2.04 bits per heavy atom. The Kier molecular flexibility index (Phi) is 5.25. The standard InChI is InChI=1S/C19H19ClFNO3/c1-25-17-9-6-13(20)11-15(17)18(12-4-7-14(21)8-5-12)22-10-2-3-16(22)19(23)24/h4-9,11,16,18H,2-3,10H2,1H3,(H,23,24). The molecule has 25 heavy (non-hydrogen) atoms. The molecule has 1 fully saturated rings. The Morgan fingerprint density at radius 3 is 2.68 bits per heavy atom. The van der Waals surface area contributed by atoms with E-state index in [2.05, 4.69) is 0 Å². The second-order valence-electron chi connectivity index (χ2n) is 6.07. The second-order valence-corrected chi connectivity index (χ2v) is 6.51. The number of carboxylic acid groups (broad SMARTS) is 1. The van der Waals surface area contributed by atoms with Crippen LogP contribution in [0.3, 0.4) is 0 Å². The number of rotatable bonds is 5. The van der Waals surface area contributed by atoms with Crippen LogP contribution in [0.4, 0.5) is 4.39 Å². The molecule has 0 aliphatic carbocycles. The molecule has 1 heterocycles. The normalized spacial score (nSPS) is 18.9. The molecule has 2 aromatic carbocycles. The first-order valence-corrected chi connectivity index (χ1v) is 8.46. The van der Waals surface area contributed by atoms with Gasteiger partial charge in [0.25, 0.3) is 0 Å². The molecule has 1 saturated heterocycles. The lowest BCUT2D eigenvalue weighted by Gasteiger charge is -2.33. The third-order valence-electron chi connectivity index (χ3n) is 4.58. The smallest absolute Gasteiger partial charge is 0.320 e. The van der Waals surface area contributed by atoms with Gasteiger partial charge < -0.3 is 9.84 Å². The van der Waals surface area contributed by atoms with Crippen LogP contribution in [0, 0.1) is 5.82 Å². The van der Waals surface area contributed by atoms with Crippen LogP contribution in [0.1, 0.15) is 30.0 Å². The van der Waals surface area contributed by atoms with E-state index in [1.54, 1.807) is 37.4 Å². The number of methoxy groups -OCH3 is 1. The van der Waals surface area contributed by atoms with Crippen LogP contribution < -0.4 is 4.74 Å². The van der Waals surface area contributed by atoms with Crippen molar-refractivity contribution in [3.05, 3.63) is 64.4 Å². The Balaban J connectivity index is 2.14. The zero-order valence-corrected chi connectivity index (χ0v) is 14.5. The minimum Gasteiger partial charge on any atom is -0.496 e. The van der Waals surface area contributed by atoms with Gasteiger partial charge in [-0.05, 0) is 48.7 Å². The van der Waals surface area contributed by atoms with Gasteiger partial charge in [0.15, 0.2) is 0 Å². The number of ether oxygens (including phenoxy) is 1. The van der Waals surface area contributed by atoms with E-state index in [4.69, 9.17) is 16.3 Å². The molecule has 0 spiro atoms. The van der Waals surface area contributed by atoms with Crippen molar-refractivity contribution in [3.63, 3.8) is 0 Å². The molecule has 2 atom stereocenters. The Bertz CT molecular complexity index is 766. The summed E-state index contributed by atoms with van der Waals surface area (Å²) in [6.45, 7) is 0.634. The Hall–Kier alpha value is -2.11. The first-order chi connectivity index (χ1) is 12.0. The van der Waals surface area contributed by atoms with E-state index >= 15 is 0 Å². The van der Waals surface area contributed by atoms with Crippen LogP contribution >= 0.6 is 11.6 Å². The van der Waals surface area contributed by atoms with Gasteiger partial charge in [0, 0.05) is 17.1 Å². The molecule has 0 aromatic heterocycles. The molecule has 0 radical (unpaired) electrons. The molecular weight excluding hydrogens is 345 g/mol. The molecule has 1 aliphatic rings. The first kappa shape index (κ1) is 17.7. The zero-order chi connectivity index (χ0) is 18.0. The summed E-state index contributed by atoms with van der Waals surface area (Å²) in [6, 6.07) is 10.4. The summed E-state index contributed by atoms with van der Waals surface area (Å²) in [6.07, 6.45) is 1.37. The highest BCUT2D eigenvalue weighted by atomic mass is 35.5. The number of aliphatic carboxylic acids is 1. The van der Waals surface area contributed by atoms with E-state index in [0.29, 0.717) is 23.7 Å². The lowest BCUT2D eigenvalue weighted by Crippen LogP contribution is -2.39. The number of carbonyl (C=O) groups is 1. The van der Waals surface area contributed by atoms with E-state index in [-0.39, 0.29) is 11.9 Å². The highest BCUT2D eigenvalue weighted by molar-refractivity contribution is 6.30. The molecule has 0 amide bonds. The number of benzene rings is 2. The second kappa shape index (κ2) is 7.42. The summed E-state index contributed by atoms with van der Waals surface area (Å²) >= 11 is 6.19. The third-order valence-corrected chi connectivity index (χ3v) is 4.82. The van der Waals surface area contributed by atoms with E-state index in [1.165, 1.54) is 12.1 Å². The average molecular weight is 364 g/mol. The van der Waals surface area contributed by atoms with E-state index in [0.717, 1.165) is 17.5 Å². The van der Waals surface area contributed by atoms with E-state index in [1.807, 2.05) is 4.90 Å². The van der Waals surface area contributed by atoms with Gasteiger partial charge in [-0.15, -0.1) is 0 Å². The van der Waals surface area contributed by atoms with E-state index in [9.17, 15) is 14.3 Å². The molecule has 2 aromatic rings. The van der Waals surface area contributed by atoms with Crippen LogP contribution in [0.5, 0.6) is 5.75 Å².